The molecule has 5 rings (SSSR count). The molecule has 0 saturated carbocycles. The van der Waals surface area contributed by atoms with Crippen LogP contribution in [0, 0.1) is 0 Å². The number of nitrogens with one attached hydrogen (secondary N) is 2. The smallest absolute Gasteiger partial charge is 0.251 e. The first kappa shape index (κ1) is 41.3. The Kier molecular flexibility index (Phi) is 14.5. The molecule has 8 N–H and O–H groups in total. The molecule has 1 saturated heterocycles. The average Bonchev–Trinajstić information content (AvgIpc) is 3.74. The Labute approximate surface area is 319 Å². The summed E-state index contributed by atoms with van der Waals surface area (Å²) in [6.07, 6.45) is 0.210. The van der Waals surface area contributed by atoms with E-state index in [1.165, 1.54) is 19.1 Å². The number of aliphatic hydroxyl groups excluding tert-OH is 4. The molecular weight excluding hydrogens is 749 g/mol. The molecule has 0 unspecified atom stereocenters. The Bertz CT molecular complexity index is 1780. The highest BCUT2D eigenvalue weighted by Crippen LogP contribution is 2.43. The molecule has 292 valence electrons. The van der Waals surface area contributed by atoms with Gasteiger partial charge in [0.05, 0.1) is 29.8 Å². The summed E-state index contributed by atoms with van der Waals surface area (Å²) in [5.74, 6) is -0.388. The number of likely N-dealkylation sites (tertiary alicyclic amines) is 1. The minimum Gasteiger partial charge on any atom is -0.484 e. The van der Waals surface area contributed by atoms with E-state index in [9.17, 15) is 33.6 Å². The molecule has 1 aliphatic carbocycles. The van der Waals surface area contributed by atoms with Crippen LogP contribution in [0.4, 0.5) is 0 Å². The van der Waals surface area contributed by atoms with Crippen molar-refractivity contribution in [3.8, 4) is 5.75 Å². The van der Waals surface area contributed by atoms with E-state index < -0.39 is 40.3 Å². The summed E-state index contributed by atoms with van der Waals surface area (Å²) in [7, 11) is -3.73. The molecule has 1 aliphatic heterocycles. The molecule has 18 heteroatoms. The molecule has 1 amide bonds. The number of hydrogen-bond acceptors (Lipinski definition) is 12. The number of aliphatic hydroxyl groups is 4. The van der Waals surface area contributed by atoms with Gasteiger partial charge in [-0.3, -0.25) is 14.4 Å². The zero-order valence-electron chi connectivity index (χ0n) is 29.5. The first-order valence-electron chi connectivity index (χ1n) is 17.9. The van der Waals surface area contributed by atoms with Crippen molar-refractivity contribution in [3.63, 3.8) is 0 Å². The quantitative estimate of drug-likeness (QED) is 0.0914. The highest BCUT2D eigenvalue weighted by atomic mass is 35.5. The van der Waals surface area contributed by atoms with Gasteiger partial charge in [0.15, 0.2) is 6.10 Å². The standard InChI is InChI=1S/C35H49Cl2N7O8S/c1-21(45)31(46)32(47)33(48)35(49)39-18-24-20-44(42-41-24)14-5-3-2-4-12-40-53(50,51)26-10-8-25(9-11-26)52-34-28-15-22(36)16-29(37)27(28)17-30(34)43-13-6-7-23(38)19-43/h8-11,15-16,20-21,23,30-34,40,45-48H,2-7,12-14,17-19,38H2,1H3,(H,39,49)/t21-,23+,30-,31+,32+,33-,34-/m0/s1. The van der Waals surface area contributed by atoms with Gasteiger partial charge >= 0.3 is 0 Å². The fourth-order valence-electron chi connectivity index (χ4n) is 6.74. The van der Waals surface area contributed by atoms with Crippen molar-refractivity contribution >= 4 is 39.1 Å². The van der Waals surface area contributed by atoms with Crippen molar-refractivity contribution in [2.24, 2.45) is 5.73 Å². The molecule has 53 heavy (non-hydrogen) atoms. The van der Waals surface area contributed by atoms with Crippen LogP contribution in [0.15, 0.2) is 47.5 Å². The number of unbranched alkanes of at least 4 members (excludes halogenated alkanes) is 3. The van der Waals surface area contributed by atoms with Crippen LogP contribution >= 0.6 is 23.2 Å². The number of piperidine rings is 1. The van der Waals surface area contributed by atoms with E-state index in [0.29, 0.717) is 40.9 Å². The van der Waals surface area contributed by atoms with E-state index in [1.54, 1.807) is 29.1 Å². The molecule has 0 bridgehead atoms. The van der Waals surface area contributed by atoms with E-state index in [4.69, 9.17) is 33.7 Å². The number of nitrogens with two attached hydrogens (primary N) is 1. The number of halogens is 2. The van der Waals surface area contributed by atoms with Gasteiger partial charge in [-0.05, 0) is 87.5 Å². The molecule has 15 nitrogen and oxygen atoms in total. The molecule has 0 spiro atoms. The lowest BCUT2D eigenvalue weighted by atomic mass is 10.0. The fraction of sp³-hybridized carbons (Fsp3) is 0.571. The van der Waals surface area contributed by atoms with Gasteiger partial charge in [0.2, 0.25) is 10.0 Å². The van der Waals surface area contributed by atoms with Gasteiger partial charge in [0.25, 0.3) is 5.91 Å². The van der Waals surface area contributed by atoms with Crippen LogP contribution in [0.3, 0.4) is 0 Å². The maximum Gasteiger partial charge on any atom is 0.251 e. The highest BCUT2D eigenvalue weighted by Gasteiger charge is 2.41. The molecular formula is C35H49Cl2N7O8S. The predicted molar refractivity (Wildman–Crippen MR) is 198 cm³/mol. The first-order chi connectivity index (χ1) is 25.2. The van der Waals surface area contributed by atoms with Crippen LogP contribution < -0.4 is 20.5 Å². The normalized spacial score (nSPS) is 21.5. The van der Waals surface area contributed by atoms with Crippen molar-refractivity contribution in [1.82, 2.24) is 29.9 Å². The zero-order valence-corrected chi connectivity index (χ0v) is 31.8. The fourth-order valence-corrected chi connectivity index (χ4v) is 8.41. The van der Waals surface area contributed by atoms with Gasteiger partial charge in [-0.1, -0.05) is 41.3 Å². The number of carbonyl (C=O) groups is 1. The SMILES string of the molecule is C[C@H](O)[C@@H](O)[C@@H](O)[C@H](O)C(=O)NCc1cn(CCCCCCNS(=O)(=O)c2ccc(O[C@H]3c4cc(Cl)cc(Cl)c4C[C@@H]3N3CCC[C@@H](N)C3)cc2)nn1. The number of carbonyl (C=O) groups excluding carboxylic acids is 1. The second-order valence-electron chi connectivity index (χ2n) is 13.8. The van der Waals surface area contributed by atoms with Crippen LogP contribution in [0.1, 0.15) is 68.4 Å². The topological polar surface area (TPSA) is 225 Å². The lowest BCUT2D eigenvalue weighted by molar-refractivity contribution is -0.146. The third-order valence-corrected chi connectivity index (χ3v) is 11.7. The first-order valence-corrected chi connectivity index (χ1v) is 20.1. The number of amides is 1. The van der Waals surface area contributed by atoms with E-state index in [0.717, 1.165) is 56.3 Å². The average molecular weight is 799 g/mol. The molecule has 1 fully saturated rings. The van der Waals surface area contributed by atoms with Crippen molar-refractivity contribution < 1.29 is 38.4 Å². The number of aromatic nitrogens is 3. The number of nitrogens with zero attached hydrogens (tertiary/aromatic N) is 4. The van der Waals surface area contributed by atoms with Crippen LogP contribution in [0.25, 0.3) is 0 Å². The summed E-state index contributed by atoms with van der Waals surface area (Å²) in [4.78, 5) is 14.6. The Morgan fingerprint density at radius 2 is 1.81 bits per heavy atom. The minimum atomic E-state index is -3.73. The second-order valence-corrected chi connectivity index (χ2v) is 16.4. The van der Waals surface area contributed by atoms with Gasteiger partial charge in [-0.25, -0.2) is 13.1 Å². The maximum absolute atomic E-state index is 13.0. The van der Waals surface area contributed by atoms with Crippen LogP contribution in [0.2, 0.25) is 10.0 Å². The zero-order chi connectivity index (χ0) is 38.3. The Balaban J connectivity index is 1.03. The summed E-state index contributed by atoms with van der Waals surface area (Å²) in [6, 6.07) is 10.2. The number of benzene rings is 2. The monoisotopic (exact) mass is 797 g/mol. The number of sulfonamides is 1. The minimum absolute atomic E-state index is 0.0211. The van der Waals surface area contributed by atoms with Gasteiger partial charge in [-0.15, -0.1) is 5.10 Å². The van der Waals surface area contributed by atoms with E-state index >= 15 is 0 Å². The van der Waals surface area contributed by atoms with Gasteiger partial charge in [0, 0.05) is 41.3 Å². The van der Waals surface area contributed by atoms with Gasteiger partial charge in [0.1, 0.15) is 29.8 Å². The highest BCUT2D eigenvalue weighted by molar-refractivity contribution is 7.89. The van der Waals surface area contributed by atoms with E-state index in [1.807, 2.05) is 6.07 Å². The number of rotatable bonds is 18. The summed E-state index contributed by atoms with van der Waals surface area (Å²) in [6.45, 7) is 3.68. The van der Waals surface area contributed by atoms with Crippen molar-refractivity contribution in [1.29, 1.82) is 0 Å². The Morgan fingerprint density at radius 1 is 1.08 bits per heavy atom. The molecule has 1 aromatic heterocycles. The van der Waals surface area contributed by atoms with Gasteiger partial charge in [-0.2, -0.15) is 0 Å². The third kappa shape index (κ3) is 10.9. The molecule has 3 aromatic rings. The number of fused-ring (bicyclic) bond motifs is 1. The lowest BCUT2D eigenvalue weighted by Crippen LogP contribution is -2.50. The summed E-state index contributed by atoms with van der Waals surface area (Å²) in [5.41, 5.74) is 8.68. The third-order valence-electron chi connectivity index (χ3n) is 9.69. The number of ether oxygens (including phenoxy) is 1. The molecule has 0 radical (unpaired) electrons. The van der Waals surface area contributed by atoms with E-state index in [-0.39, 0.29) is 36.2 Å². The summed E-state index contributed by atoms with van der Waals surface area (Å²) in [5, 5.41) is 50.3. The number of hydrogen-bond donors (Lipinski definition) is 7. The van der Waals surface area contributed by atoms with Crippen LogP contribution in [0.5, 0.6) is 5.75 Å². The Morgan fingerprint density at radius 3 is 2.53 bits per heavy atom. The molecule has 7 atom stereocenters. The Hall–Kier alpha value is -2.90. The largest absolute Gasteiger partial charge is 0.484 e. The summed E-state index contributed by atoms with van der Waals surface area (Å²) < 4.78 is 36.9. The van der Waals surface area contributed by atoms with Crippen LogP contribution in [-0.2, 0) is 34.3 Å². The van der Waals surface area contributed by atoms with Crippen molar-refractivity contribution in [2.75, 3.05) is 19.6 Å². The van der Waals surface area contributed by atoms with Crippen LogP contribution in [-0.4, -0.2) is 111 Å². The molecule has 2 aromatic carbocycles. The maximum atomic E-state index is 13.0. The van der Waals surface area contributed by atoms with E-state index in [2.05, 4.69) is 25.3 Å². The molecule has 2 heterocycles. The van der Waals surface area contributed by atoms with Crippen molar-refractivity contribution in [3.05, 3.63) is 69.5 Å². The number of aryl methyl sites for hydroxylation is 1. The molecule has 2 aliphatic rings. The van der Waals surface area contributed by atoms with Crippen molar-refractivity contribution in [2.45, 2.75) is 112 Å². The van der Waals surface area contributed by atoms with Gasteiger partial charge < -0.3 is 36.2 Å². The predicted octanol–water partition coefficient (Wildman–Crippen LogP) is 1.67. The summed E-state index contributed by atoms with van der Waals surface area (Å²) >= 11 is 13.0. The second kappa shape index (κ2) is 18.6. The lowest BCUT2D eigenvalue weighted by Gasteiger charge is -2.38.